The zero-order valence-corrected chi connectivity index (χ0v) is 14.0. The third-order valence-corrected chi connectivity index (χ3v) is 4.13. The van der Waals surface area contributed by atoms with Crippen LogP contribution in [0.15, 0.2) is 18.2 Å². The van der Waals surface area contributed by atoms with Crippen molar-refractivity contribution in [1.29, 1.82) is 0 Å². The minimum Gasteiger partial charge on any atom is -0.496 e. The molecule has 1 atom stereocenters. The van der Waals surface area contributed by atoms with Crippen LogP contribution in [0.1, 0.15) is 81.9 Å². The van der Waals surface area contributed by atoms with Crippen molar-refractivity contribution >= 4 is 0 Å². The molecule has 21 heavy (non-hydrogen) atoms. The fourth-order valence-electron chi connectivity index (χ4n) is 2.75. The quantitative estimate of drug-likeness (QED) is 0.540. The van der Waals surface area contributed by atoms with Crippen molar-refractivity contribution in [3.63, 3.8) is 0 Å². The van der Waals surface area contributed by atoms with Gasteiger partial charge in [0.15, 0.2) is 0 Å². The first-order chi connectivity index (χ1) is 10.2. The topological polar surface area (TPSA) is 29.5 Å². The van der Waals surface area contributed by atoms with Gasteiger partial charge in [-0.2, -0.15) is 0 Å². The van der Waals surface area contributed by atoms with Gasteiger partial charge in [-0.3, -0.25) is 0 Å². The van der Waals surface area contributed by atoms with E-state index in [0.717, 1.165) is 29.7 Å². The summed E-state index contributed by atoms with van der Waals surface area (Å²) in [6, 6.07) is 5.96. The predicted octanol–water partition coefficient (Wildman–Crippen LogP) is 5.57. The molecule has 0 fully saturated rings. The van der Waals surface area contributed by atoms with Crippen molar-refractivity contribution in [3.8, 4) is 5.75 Å². The van der Waals surface area contributed by atoms with Crippen LogP contribution in [0.3, 0.4) is 0 Å². The highest BCUT2D eigenvalue weighted by atomic mass is 16.5. The Balaban J connectivity index is 2.19. The first-order valence-electron chi connectivity index (χ1n) is 8.51. The number of benzene rings is 1. The Hall–Kier alpha value is -1.02. The molecule has 1 aromatic rings. The second kappa shape index (κ2) is 10.7. The van der Waals surface area contributed by atoms with E-state index >= 15 is 0 Å². The third kappa shape index (κ3) is 6.99. The highest BCUT2D eigenvalue weighted by Gasteiger charge is 2.09. The van der Waals surface area contributed by atoms with E-state index in [9.17, 15) is 5.11 Å². The molecule has 0 heterocycles. The highest BCUT2D eigenvalue weighted by molar-refractivity contribution is 5.36. The summed E-state index contributed by atoms with van der Waals surface area (Å²) in [5.74, 6) is 0.887. The van der Waals surface area contributed by atoms with Crippen LogP contribution in [0.25, 0.3) is 0 Å². The number of aryl methyl sites for hydroxylation is 1. The summed E-state index contributed by atoms with van der Waals surface area (Å²) in [4.78, 5) is 0. The molecule has 0 saturated carbocycles. The van der Waals surface area contributed by atoms with Crippen molar-refractivity contribution in [1.82, 2.24) is 0 Å². The third-order valence-electron chi connectivity index (χ3n) is 4.13. The Kier molecular flexibility index (Phi) is 9.16. The number of unbranched alkanes of at least 4 members (excludes halogenated alkanes) is 7. The standard InChI is InChI=1S/C19H32O2/c1-4-5-6-7-8-9-10-11-12-18(20)17-13-14-19(21-3)16(2)15-17/h13-15,18,20H,4-12H2,1-3H3. The van der Waals surface area contributed by atoms with Gasteiger partial charge in [0.05, 0.1) is 13.2 Å². The van der Waals surface area contributed by atoms with Gasteiger partial charge in [-0.15, -0.1) is 0 Å². The fraction of sp³-hybridized carbons (Fsp3) is 0.684. The Labute approximate surface area is 130 Å². The molecule has 0 radical (unpaired) electrons. The summed E-state index contributed by atoms with van der Waals surface area (Å²) in [7, 11) is 1.68. The van der Waals surface area contributed by atoms with Gasteiger partial charge in [-0.05, 0) is 36.6 Å². The summed E-state index contributed by atoms with van der Waals surface area (Å²) in [6.07, 6.45) is 10.9. The fourth-order valence-corrected chi connectivity index (χ4v) is 2.75. The Morgan fingerprint density at radius 2 is 1.62 bits per heavy atom. The second-order valence-electron chi connectivity index (χ2n) is 6.01. The molecule has 0 amide bonds. The van der Waals surface area contributed by atoms with E-state index in [1.165, 1.54) is 44.9 Å². The average Bonchev–Trinajstić information content (AvgIpc) is 2.49. The Morgan fingerprint density at radius 1 is 1.00 bits per heavy atom. The highest BCUT2D eigenvalue weighted by Crippen LogP contribution is 2.25. The van der Waals surface area contributed by atoms with Crippen LogP contribution in [0.5, 0.6) is 5.75 Å². The van der Waals surface area contributed by atoms with E-state index in [4.69, 9.17) is 4.74 Å². The van der Waals surface area contributed by atoms with Gasteiger partial charge >= 0.3 is 0 Å². The first-order valence-corrected chi connectivity index (χ1v) is 8.51. The molecular weight excluding hydrogens is 260 g/mol. The van der Waals surface area contributed by atoms with Gasteiger partial charge in [0.1, 0.15) is 5.75 Å². The number of ether oxygens (including phenoxy) is 1. The van der Waals surface area contributed by atoms with Gasteiger partial charge in [0.2, 0.25) is 0 Å². The summed E-state index contributed by atoms with van der Waals surface area (Å²) in [6.45, 7) is 4.27. The number of rotatable bonds is 11. The van der Waals surface area contributed by atoms with Crippen molar-refractivity contribution < 1.29 is 9.84 Å². The van der Waals surface area contributed by atoms with Crippen molar-refractivity contribution in [2.75, 3.05) is 7.11 Å². The lowest BCUT2D eigenvalue weighted by atomic mass is 10.00. The van der Waals surface area contributed by atoms with Gasteiger partial charge in [-0.25, -0.2) is 0 Å². The molecule has 0 bridgehead atoms. The van der Waals surface area contributed by atoms with Crippen molar-refractivity contribution in [2.45, 2.75) is 77.7 Å². The van der Waals surface area contributed by atoms with Gasteiger partial charge in [-0.1, -0.05) is 64.4 Å². The maximum absolute atomic E-state index is 10.2. The molecule has 1 aromatic carbocycles. The smallest absolute Gasteiger partial charge is 0.121 e. The van der Waals surface area contributed by atoms with Gasteiger partial charge < -0.3 is 9.84 Å². The number of aliphatic hydroxyl groups is 1. The Morgan fingerprint density at radius 3 is 2.19 bits per heavy atom. The van der Waals surface area contributed by atoms with E-state index in [-0.39, 0.29) is 6.10 Å². The number of aliphatic hydroxyl groups excluding tert-OH is 1. The van der Waals surface area contributed by atoms with Gasteiger partial charge in [0, 0.05) is 0 Å². The summed E-state index contributed by atoms with van der Waals surface area (Å²) >= 11 is 0. The van der Waals surface area contributed by atoms with Crippen LogP contribution >= 0.6 is 0 Å². The molecule has 120 valence electrons. The zero-order chi connectivity index (χ0) is 15.5. The lowest BCUT2D eigenvalue weighted by molar-refractivity contribution is 0.163. The molecule has 1 unspecified atom stereocenters. The van der Waals surface area contributed by atoms with Crippen LogP contribution < -0.4 is 4.74 Å². The van der Waals surface area contributed by atoms with Crippen LogP contribution in [0.4, 0.5) is 0 Å². The summed E-state index contributed by atoms with van der Waals surface area (Å²) in [5, 5.41) is 10.2. The van der Waals surface area contributed by atoms with Gasteiger partial charge in [0.25, 0.3) is 0 Å². The number of methoxy groups -OCH3 is 1. The molecular formula is C19H32O2. The molecule has 1 N–H and O–H groups in total. The van der Waals surface area contributed by atoms with Crippen LogP contribution in [0, 0.1) is 6.92 Å². The zero-order valence-electron chi connectivity index (χ0n) is 14.0. The predicted molar refractivity (Wildman–Crippen MR) is 89.9 cm³/mol. The van der Waals surface area contributed by atoms with Crippen LogP contribution in [-0.4, -0.2) is 12.2 Å². The van der Waals surface area contributed by atoms with Crippen LogP contribution in [-0.2, 0) is 0 Å². The van der Waals surface area contributed by atoms with Crippen molar-refractivity contribution in [3.05, 3.63) is 29.3 Å². The maximum atomic E-state index is 10.2. The molecule has 0 saturated heterocycles. The number of hydrogen-bond donors (Lipinski definition) is 1. The second-order valence-corrected chi connectivity index (χ2v) is 6.01. The lowest BCUT2D eigenvalue weighted by Crippen LogP contribution is -1.99. The average molecular weight is 292 g/mol. The normalized spacial score (nSPS) is 12.4. The molecule has 0 aliphatic heterocycles. The minimum atomic E-state index is -0.338. The molecule has 0 aliphatic carbocycles. The molecule has 2 heteroatoms. The first kappa shape index (κ1) is 18.0. The Bertz CT molecular complexity index is 387. The SMILES string of the molecule is CCCCCCCCCCC(O)c1ccc(OC)c(C)c1. The monoisotopic (exact) mass is 292 g/mol. The van der Waals surface area contributed by atoms with E-state index in [1.54, 1.807) is 7.11 Å². The lowest BCUT2D eigenvalue weighted by Gasteiger charge is -2.13. The largest absolute Gasteiger partial charge is 0.496 e. The summed E-state index contributed by atoms with van der Waals surface area (Å²) in [5.41, 5.74) is 2.10. The van der Waals surface area contributed by atoms with Crippen molar-refractivity contribution in [2.24, 2.45) is 0 Å². The minimum absolute atomic E-state index is 0.338. The molecule has 2 nitrogen and oxygen atoms in total. The summed E-state index contributed by atoms with van der Waals surface area (Å²) < 4.78 is 5.25. The van der Waals surface area contributed by atoms with E-state index in [0.29, 0.717) is 0 Å². The van der Waals surface area contributed by atoms with E-state index < -0.39 is 0 Å². The maximum Gasteiger partial charge on any atom is 0.121 e. The van der Waals surface area contributed by atoms with E-state index in [2.05, 4.69) is 6.92 Å². The van der Waals surface area contributed by atoms with E-state index in [1.807, 2.05) is 25.1 Å². The molecule has 0 aliphatic rings. The van der Waals surface area contributed by atoms with Crippen LogP contribution in [0.2, 0.25) is 0 Å². The molecule has 0 spiro atoms. The molecule has 0 aromatic heterocycles. The molecule has 1 rings (SSSR count). The number of hydrogen-bond acceptors (Lipinski definition) is 2.